The lowest BCUT2D eigenvalue weighted by molar-refractivity contribution is -0.0241. The number of halogens is 4. The molecule has 0 aliphatic carbocycles. The Kier molecular flexibility index (Phi) is 7.52. The van der Waals surface area contributed by atoms with Crippen LogP contribution in [0.2, 0.25) is 0 Å². The fourth-order valence-corrected chi connectivity index (χ4v) is 4.31. The first-order valence-corrected chi connectivity index (χ1v) is 11.2. The number of hydrogen-bond donors (Lipinski definition) is 1. The third-order valence-electron chi connectivity index (χ3n) is 6.08. The fourth-order valence-electron chi connectivity index (χ4n) is 4.31. The number of fused-ring (bicyclic) bond motifs is 1. The second-order valence-electron chi connectivity index (χ2n) is 8.22. The summed E-state index contributed by atoms with van der Waals surface area (Å²) in [7, 11) is 3.63. The molecule has 3 aromatic rings. The molecule has 1 aliphatic heterocycles. The number of ether oxygens (including phenoxy) is 3. The molecule has 3 heterocycles. The molecule has 13 heteroatoms. The molecule has 2 amide bonds. The van der Waals surface area contributed by atoms with Crippen LogP contribution in [-0.4, -0.2) is 73.4 Å². The van der Waals surface area contributed by atoms with Crippen LogP contribution in [0.4, 0.5) is 22.4 Å². The first-order valence-electron chi connectivity index (χ1n) is 11.2. The number of nitrogens with zero attached hydrogens (tertiary/aromatic N) is 3. The van der Waals surface area contributed by atoms with Gasteiger partial charge in [-0.1, -0.05) is 0 Å². The van der Waals surface area contributed by atoms with Crippen molar-refractivity contribution in [3.8, 4) is 17.0 Å². The van der Waals surface area contributed by atoms with Gasteiger partial charge in [0.05, 0.1) is 56.0 Å². The lowest BCUT2D eigenvalue weighted by atomic mass is 10.0. The zero-order valence-corrected chi connectivity index (χ0v) is 20.2. The summed E-state index contributed by atoms with van der Waals surface area (Å²) < 4.78 is 74.6. The maximum Gasteiger partial charge on any atom is 0.409 e. The van der Waals surface area contributed by atoms with E-state index in [4.69, 9.17) is 14.2 Å². The zero-order chi connectivity index (χ0) is 26.9. The number of aromatic nitrogens is 2. The maximum absolute atomic E-state index is 15.5. The van der Waals surface area contributed by atoms with E-state index < -0.39 is 47.5 Å². The van der Waals surface area contributed by atoms with Gasteiger partial charge in [-0.25, -0.2) is 27.3 Å². The van der Waals surface area contributed by atoms with Crippen molar-refractivity contribution in [2.24, 2.45) is 0 Å². The number of hydrogen-bond acceptors (Lipinski definition) is 6. The Morgan fingerprint density at radius 2 is 2.03 bits per heavy atom. The molecule has 0 radical (unpaired) electrons. The predicted molar refractivity (Wildman–Crippen MR) is 123 cm³/mol. The van der Waals surface area contributed by atoms with Gasteiger partial charge < -0.3 is 28.8 Å². The monoisotopic (exact) mass is 524 g/mol. The lowest BCUT2D eigenvalue weighted by Crippen LogP contribution is -2.46. The SMILES string of the molecule is CNC(=O)c1cc(F)c(-c2nc3cc(C(F)F)ccn3c2CC2CN(C(=O)OC)CCO2)c(OC)c1F. The third-order valence-corrected chi connectivity index (χ3v) is 6.08. The Labute approximate surface area is 208 Å². The Morgan fingerprint density at radius 3 is 2.68 bits per heavy atom. The highest BCUT2D eigenvalue weighted by Gasteiger charge is 2.31. The van der Waals surface area contributed by atoms with E-state index in [1.807, 2.05) is 0 Å². The van der Waals surface area contributed by atoms with Crippen LogP contribution in [-0.2, 0) is 15.9 Å². The van der Waals surface area contributed by atoms with Gasteiger partial charge in [0, 0.05) is 31.8 Å². The summed E-state index contributed by atoms with van der Waals surface area (Å²) in [4.78, 5) is 29.9. The molecule has 0 bridgehead atoms. The van der Waals surface area contributed by atoms with E-state index in [2.05, 4.69) is 10.3 Å². The standard InChI is InChI=1S/C24H24F4N4O5/c1-29-23(33)14-10-15(25)18(21(35-2)19(14)26)20-16(9-13-11-31(6-7-37-13)24(34)36-3)32-5-4-12(22(27)28)8-17(32)30-20/h4-5,8,10,13,22H,6-7,9,11H2,1-3H3,(H,29,33). The summed E-state index contributed by atoms with van der Waals surface area (Å²) in [6.07, 6.45) is -2.51. The smallest absolute Gasteiger partial charge is 0.409 e. The van der Waals surface area contributed by atoms with Gasteiger partial charge in [-0.2, -0.15) is 0 Å². The molecule has 1 saturated heterocycles. The summed E-state index contributed by atoms with van der Waals surface area (Å²) in [6.45, 7) is 0.641. The van der Waals surface area contributed by atoms with Crippen LogP contribution in [0.1, 0.15) is 28.0 Å². The van der Waals surface area contributed by atoms with E-state index in [-0.39, 0.29) is 42.0 Å². The summed E-state index contributed by atoms with van der Waals surface area (Å²) >= 11 is 0. The minimum Gasteiger partial charge on any atom is -0.493 e. The highest BCUT2D eigenvalue weighted by molar-refractivity contribution is 5.96. The predicted octanol–water partition coefficient (Wildman–Crippen LogP) is 3.60. The first-order chi connectivity index (χ1) is 17.7. The highest BCUT2D eigenvalue weighted by atomic mass is 19.3. The van der Waals surface area contributed by atoms with Gasteiger partial charge in [-0.3, -0.25) is 4.79 Å². The molecule has 1 fully saturated rings. The second kappa shape index (κ2) is 10.6. The molecule has 4 rings (SSSR count). The molecule has 37 heavy (non-hydrogen) atoms. The maximum atomic E-state index is 15.5. The van der Waals surface area contributed by atoms with Crippen LogP contribution < -0.4 is 10.1 Å². The molecular weight excluding hydrogens is 500 g/mol. The van der Waals surface area contributed by atoms with Crippen LogP contribution in [0.3, 0.4) is 0 Å². The molecule has 0 spiro atoms. The molecule has 2 aromatic heterocycles. The van der Waals surface area contributed by atoms with E-state index in [1.54, 1.807) is 0 Å². The molecule has 1 aliphatic rings. The zero-order valence-electron chi connectivity index (χ0n) is 20.2. The summed E-state index contributed by atoms with van der Waals surface area (Å²) in [5, 5.41) is 2.23. The average Bonchev–Trinajstić information content (AvgIpc) is 3.25. The van der Waals surface area contributed by atoms with Crippen molar-refractivity contribution in [1.82, 2.24) is 19.6 Å². The second-order valence-corrected chi connectivity index (χ2v) is 8.22. The molecule has 198 valence electrons. The normalized spacial score (nSPS) is 15.8. The van der Waals surface area contributed by atoms with Gasteiger partial charge in [-0.05, 0) is 18.2 Å². The number of imidazole rings is 1. The quantitative estimate of drug-likeness (QED) is 0.496. The highest BCUT2D eigenvalue weighted by Crippen LogP contribution is 2.39. The summed E-state index contributed by atoms with van der Waals surface area (Å²) in [5.41, 5.74) is -0.991. The third kappa shape index (κ3) is 4.90. The van der Waals surface area contributed by atoms with Crippen LogP contribution in [0.15, 0.2) is 24.4 Å². The minimum absolute atomic E-state index is 0.0550. The van der Waals surface area contributed by atoms with E-state index in [0.29, 0.717) is 12.2 Å². The van der Waals surface area contributed by atoms with Crippen molar-refractivity contribution in [2.45, 2.75) is 19.0 Å². The molecule has 0 saturated carbocycles. The average molecular weight is 524 g/mol. The minimum atomic E-state index is -2.78. The number of pyridine rings is 1. The molecular formula is C24H24F4N4O5. The lowest BCUT2D eigenvalue weighted by Gasteiger charge is -2.32. The summed E-state index contributed by atoms with van der Waals surface area (Å²) in [6, 6.07) is 3.05. The Morgan fingerprint density at radius 1 is 1.27 bits per heavy atom. The molecule has 1 atom stereocenters. The van der Waals surface area contributed by atoms with Crippen molar-refractivity contribution in [1.29, 1.82) is 0 Å². The van der Waals surface area contributed by atoms with Gasteiger partial charge in [0.25, 0.3) is 12.3 Å². The molecule has 1 aromatic carbocycles. The van der Waals surface area contributed by atoms with Gasteiger partial charge in [0.2, 0.25) is 0 Å². The van der Waals surface area contributed by atoms with Crippen molar-refractivity contribution < 1.29 is 41.4 Å². The molecule has 9 nitrogen and oxygen atoms in total. The largest absolute Gasteiger partial charge is 0.493 e. The van der Waals surface area contributed by atoms with Gasteiger partial charge in [0.1, 0.15) is 11.5 Å². The first kappa shape index (κ1) is 26.2. The number of carbonyl (C=O) groups excluding carboxylic acids is 2. The van der Waals surface area contributed by atoms with Crippen molar-refractivity contribution in [2.75, 3.05) is 41.0 Å². The topological polar surface area (TPSA) is 94.4 Å². The van der Waals surface area contributed by atoms with E-state index >= 15 is 8.78 Å². The molecule has 1 N–H and O–H groups in total. The Balaban J connectivity index is 1.89. The van der Waals surface area contributed by atoms with Gasteiger partial charge in [-0.15, -0.1) is 0 Å². The van der Waals surface area contributed by atoms with E-state index in [0.717, 1.165) is 19.2 Å². The fraction of sp³-hybridized carbons (Fsp3) is 0.375. The number of methoxy groups -OCH3 is 2. The van der Waals surface area contributed by atoms with Gasteiger partial charge in [0.15, 0.2) is 11.6 Å². The Hall–Kier alpha value is -3.87. The number of amides is 2. The number of rotatable bonds is 6. The number of nitrogens with one attached hydrogen (secondary N) is 1. The van der Waals surface area contributed by atoms with E-state index in [1.165, 1.54) is 35.7 Å². The molecule has 1 unspecified atom stereocenters. The van der Waals surface area contributed by atoms with Crippen LogP contribution in [0.5, 0.6) is 5.75 Å². The number of morpholine rings is 1. The van der Waals surface area contributed by atoms with Crippen molar-refractivity contribution in [3.05, 3.63) is 52.9 Å². The summed E-state index contributed by atoms with van der Waals surface area (Å²) in [5.74, 6) is -3.55. The number of alkyl halides is 2. The van der Waals surface area contributed by atoms with Crippen molar-refractivity contribution >= 4 is 17.6 Å². The van der Waals surface area contributed by atoms with E-state index in [9.17, 15) is 18.4 Å². The Bertz CT molecular complexity index is 1350. The van der Waals surface area contributed by atoms with Crippen LogP contribution >= 0.6 is 0 Å². The number of benzene rings is 1. The van der Waals surface area contributed by atoms with Crippen molar-refractivity contribution in [3.63, 3.8) is 0 Å². The van der Waals surface area contributed by atoms with Crippen LogP contribution in [0.25, 0.3) is 16.9 Å². The van der Waals surface area contributed by atoms with Crippen LogP contribution in [0, 0.1) is 11.6 Å². The number of carbonyl (C=O) groups is 2. The van der Waals surface area contributed by atoms with Gasteiger partial charge >= 0.3 is 6.09 Å².